The number of nitrogens with zero attached hydrogens (tertiary/aromatic N) is 3. The molecule has 0 unspecified atom stereocenters. The molecule has 1 amide bonds. The molecule has 1 saturated heterocycles. The van der Waals surface area contributed by atoms with Gasteiger partial charge in [0.1, 0.15) is 5.82 Å². The molecule has 3 aromatic rings. The van der Waals surface area contributed by atoms with Crippen LogP contribution in [0.3, 0.4) is 0 Å². The van der Waals surface area contributed by atoms with Crippen molar-refractivity contribution in [2.75, 3.05) is 26.2 Å². The first-order chi connectivity index (χ1) is 13.5. The largest absolute Gasteiger partial charge is 0.395 e. The number of carbonyl (C=O) groups is 1. The second-order valence-corrected chi connectivity index (χ2v) is 7.22. The van der Waals surface area contributed by atoms with Crippen LogP contribution in [0.25, 0.3) is 22.3 Å². The third-order valence-electron chi connectivity index (χ3n) is 5.37. The molecule has 4 rings (SSSR count). The van der Waals surface area contributed by atoms with Gasteiger partial charge in [0.2, 0.25) is 0 Å². The lowest BCUT2D eigenvalue weighted by molar-refractivity contribution is 0.0937. The van der Waals surface area contributed by atoms with Gasteiger partial charge in [-0.05, 0) is 49.7 Å². The van der Waals surface area contributed by atoms with Crippen LogP contribution in [0.2, 0.25) is 0 Å². The van der Waals surface area contributed by atoms with Gasteiger partial charge in [-0.15, -0.1) is 0 Å². The predicted molar refractivity (Wildman–Crippen MR) is 104 cm³/mol. The van der Waals surface area contributed by atoms with E-state index in [-0.39, 0.29) is 24.4 Å². The lowest BCUT2D eigenvalue weighted by atomic mass is 10.2. The van der Waals surface area contributed by atoms with Gasteiger partial charge in [0, 0.05) is 37.1 Å². The van der Waals surface area contributed by atoms with Crippen LogP contribution >= 0.6 is 0 Å². The van der Waals surface area contributed by atoms with Crippen LogP contribution in [0.5, 0.6) is 0 Å². The van der Waals surface area contributed by atoms with E-state index in [4.69, 9.17) is 0 Å². The van der Waals surface area contributed by atoms with E-state index < -0.39 is 0 Å². The maximum absolute atomic E-state index is 13.4. The first-order valence-electron chi connectivity index (χ1n) is 9.51. The fourth-order valence-corrected chi connectivity index (χ4v) is 3.87. The van der Waals surface area contributed by atoms with Crippen molar-refractivity contribution in [3.8, 4) is 11.4 Å². The van der Waals surface area contributed by atoms with Crippen molar-refractivity contribution < 1.29 is 14.3 Å². The van der Waals surface area contributed by atoms with E-state index in [1.807, 2.05) is 6.07 Å². The van der Waals surface area contributed by atoms with Gasteiger partial charge in [0.05, 0.1) is 18.0 Å². The number of benzene rings is 1. The molecule has 0 radical (unpaired) electrons. The maximum Gasteiger partial charge on any atom is 0.271 e. The molecule has 0 saturated carbocycles. The van der Waals surface area contributed by atoms with Gasteiger partial charge < -0.3 is 15.4 Å². The molecule has 7 nitrogen and oxygen atoms in total. The fraction of sp³-hybridized carbons (Fsp3) is 0.400. The summed E-state index contributed by atoms with van der Waals surface area (Å²) >= 11 is 0. The van der Waals surface area contributed by atoms with Crippen LogP contribution in [-0.4, -0.2) is 63.0 Å². The summed E-state index contributed by atoms with van der Waals surface area (Å²) in [5.41, 5.74) is 2.69. The van der Waals surface area contributed by atoms with Crippen LogP contribution in [-0.2, 0) is 7.05 Å². The maximum atomic E-state index is 13.4. The Balaban J connectivity index is 1.43. The number of carbonyl (C=O) groups excluding carboxylic acids is 1. The van der Waals surface area contributed by atoms with Crippen molar-refractivity contribution in [1.29, 1.82) is 0 Å². The van der Waals surface area contributed by atoms with Crippen molar-refractivity contribution in [2.24, 2.45) is 7.05 Å². The van der Waals surface area contributed by atoms with E-state index in [0.29, 0.717) is 18.8 Å². The standard InChI is InChI=1S/C20H24FN5O2/c1-25-19(17-10-13-9-14(21)4-5-16(13)23-17)11-18(24-25)20(28)22-6-8-26-7-2-3-15(26)12-27/h4-5,9-11,15,23,27H,2-3,6-8,12H2,1H3,(H,22,28)/t15-/m0/s1. The Hall–Kier alpha value is -2.71. The Kier molecular flexibility index (Phi) is 5.15. The number of H-pyrrole nitrogens is 1. The zero-order valence-electron chi connectivity index (χ0n) is 15.8. The molecule has 28 heavy (non-hydrogen) atoms. The normalized spacial score (nSPS) is 17.5. The Morgan fingerprint density at radius 2 is 2.25 bits per heavy atom. The molecule has 2 aromatic heterocycles. The van der Waals surface area contributed by atoms with Gasteiger partial charge in [-0.3, -0.25) is 14.4 Å². The van der Waals surface area contributed by atoms with Crippen molar-refractivity contribution in [3.05, 3.63) is 41.8 Å². The molecule has 8 heteroatoms. The van der Waals surface area contributed by atoms with E-state index in [1.165, 1.54) is 12.1 Å². The molecule has 3 heterocycles. The van der Waals surface area contributed by atoms with Crippen molar-refractivity contribution in [2.45, 2.75) is 18.9 Å². The number of fused-ring (bicyclic) bond motifs is 1. The molecule has 1 atom stereocenters. The van der Waals surface area contributed by atoms with Gasteiger partial charge in [-0.1, -0.05) is 0 Å². The first kappa shape index (κ1) is 18.6. The number of halogens is 1. The summed E-state index contributed by atoms with van der Waals surface area (Å²) < 4.78 is 15.1. The zero-order chi connectivity index (χ0) is 19.7. The highest BCUT2D eigenvalue weighted by molar-refractivity contribution is 5.94. The smallest absolute Gasteiger partial charge is 0.271 e. The number of aromatic amines is 1. The van der Waals surface area contributed by atoms with Crippen LogP contribution in [0, 0.1) is 5.82 Å². The Labute approximate surface area is 162 Å². The predicted octanol–water partition coefficient (Wildman–Crippen LogP) is 1.89. The van der Waals surface area contributed by atoms with Crippen LogP contribution in [0.15, 0.2) is 30.3 Å². The van der Waals surface area contributed by atoms with Crippen LogP contribution < -0.4 is 5.32 Å². The van der Waals surface area contributed by atoms with Crippen LogP contribution in [0.1, 0.15) is 23.3 Å². The molecule has 0 aliphatic carbocycles. The second kappa shape index (κ2) is 7.73. The minimum atomic E-state index is -0.287. The number of amides is 1. The Bertz CT molecular complexity index is 996. The second-order valence-electron chi connectivity index (χ2n) is 7.22. The lowest BCUT2D eigenvalue weighted by Crippen LogP contribution is -2.39. The number of hydrogen-bond acceptors (Lipinski definition) is 4. The number of aryl methyl sites for hydroxylation is 1. The summed E-state index contributed by atoms with van der Waals surface area (Å²) in [6.07, 6.45) is 2.08. The molecule has 1 aromatic carbocycles. The van der Waals surface area contributed by atoms with Crippen molar-refractivity contribution in [1.82, 2.24) is 25.0 Å². The Morgan fingerprint density at radius 1 is 1.39 bits per heavy atom. The van der Waals surface area contributed by atoms with E-state index in [1.54, 1.807) is 23.9 Å². The summed E-state index contributed by atoms with van der Waals surface area (Å²) in [4.78, 5) is 17.9. The third-order valence-corrected chi connectivity index (χ3v) is 5.37. The lowest BCUT2D eigenvalue weighted by Gasteiger charge is -2.22. The SMILES string of the molecule is Cn1nc(C(=O)NCCN2CCC[C@H]2CO)cc1-c1cc2cc(F)ccc2[nH]1. The minimum Gasteiger partial charge on any atom is -0.395 e. The van der Waals surface area contributed by atoms with E-state index >= 15 is 0 Å². The minimum absolute atomic E-state index is 0.159. The van der Waals surface area contributed by atoms with E-state index in [2.05, 4.69) is 20.3 Å². The zero-order valence-corrected chi connectivity index (χ0v) is 15.8. The number of likely N-dealkylation sites (tertiary alicyclic amines) is 1. The van der Waals surface area contributed by atoms with E-state index in [9.17, 15) is 14.3 Å². The number of aliphatic hydroxyl groups is 1. The van der Waals surface area contributed by atoms with Gasteiger partial charge in [-0.2, -0.15) is 5.10 Å². The molecule has 148 valence electrons. The monoisotopic (exact) mass is 385 g/mol. The molecule has 0 bridgehead atoms. The van der Waals surface area contributed by atoms with Crippen molar-refractivity contribution >= 4 is 16.8 Å². The average Bonchev–Trinajstić information content (AvgIpc) is 3.38. The molecule has 3 N–H and O–H groups in total. The topological polar surface area (TPSA) is 86.2 Å². The molecule has 1 aliphatic rings. The fourth-order valence-electron chi connectivity index (χ4n) is 3.87. The summed E-state index contributed by atoms with van der Waals surface area (Å²) in [7, 11) is 1.77. The quantitative estimate of drug-likeness (QED) is 0.605. The van der Waals surface area contributed by atoms with Gasteiger partial charge in [0.15, 0.2) is 5.69 Å². The summed E-state index contributed by atoms with van der Waals surface area (Å²) in [5, 5.41) is 17.3. The Morgan fingerprint density at radius 3 is 3.07 bits per heavy atom. The van der Waals surface area contributed by atoms with Gasteiger partial charge >= 0.3 is 0 Å². The van der Waals surface area contributed by atoms with Crippen LogP contribution in [0.4, 0.5) is 4.39 Å². The van der Waals surface area contributed by atoms with Gasteiger partial charge in [-0.25, -0.2) is 4.39 Å². The number of hydrogen-bond donors (Lipinski definition) is 3. The number of aliphatic hydroxyl groups excluding tert-OH is 1. The van der Waals surface area contributed by atoms with E-state index in [0.717, 1.165) is 41.7 Å². The number of nitrogens with one attached hydrogen (secondary N) is 2. The highest BCUT2D eigenvalue weighted by atomic mass is 19.1. The molecular formula is C20H24FN5O2. The highest BCUT2D eigenvalue weighted by Gasteiger charge is 2.23. The third kappa shape index (κ3) is 3.65. The number of aromatic nitrogens is 3. The molecule has 0 spiro atoms. The summed E-state index contributed by atoms with van der Waals surface area (Å²) in [6.45, 7) is 2.33. The first-order valence-corrected chi connectivity index (χ1v) is 9.51. The highest BCUT2D eigenvalue weighted by Crippen LogP contribution is 2.25. The molecule has 1 aliphatic heterocycles. The summed E-state index contributed by atoms with van der Waals surface area (Å²) in [5.74, 6) is -0.520. The number of rotatable bonds is 6. The van der Waals surface area contributed by atoms with Gasteiger partial charge in [0.25, 0.3) is 5.91 Å². The van der Waals surface area contributed by atoms with Crippen molar-refractivity contribution in [3.63, 3.8) is 0 Å². The molecular weight excluding hydrogens is 361 g/mol. The average molecular weight is 385 g/mol. The summed E-state index contributed by atoms with van der Waals surface area (Å²) in [6, 6.07) is 8.34. The molecule has 1 fully saturated rings.